The number of hydrogen-bond donors (Lipinski definition) is 1. The molecule has 1 aliphatic carbocycles. The smallest absolute Gasteiger partial charge is 0.201 e. The number of benzene rings is 2. The molecule has 0 aromatic heterocycles. The Hall–Kier alpha value is -1.98. The van der Waals surface area contributed by atoms with E-state index in [9.17, 15) is 5.11 Å². The van der Waals surface area contributed by atoms with Gasteiger partial charge < -0.3 is 9.84 Å². The lowest BCUT2D eigenvalue weighted by atomic mass is 9.97. The highest BCUT2D eigenvalue weighted by Gasteiger charge is 2.42. The van der Waals surface area contributed by atoms with Gasteiger partial charge in [-0.15, -0.1) is 0 Å². The van der Waals surface area contributed by atoms with Crippen LogP contribution in [-0.2, 0) is 14.5 Å². The zero-order chi connectivity index (χ0) is 19.4. The molecular weight excluding hydrogens is 352 g/mol. The molecular formula is C24H28O4. The number of aliphatic hydroxyl groups is 1. The highest BCUT2D eigenvalue weighted by atomic mass is 17.2. The molecule has 4 heteroatoms. The summed E-state index contributed by atoms with van der Waals surface area (Å²) < 4.78 is 5.94. The molecule has 1 heterocycles. The van der Waals surface area contributed by atoms with E-state index in [1.165, 1.54) is 5.56 Å². The fourth-order valence-electron chi connectivity index (χ4n) is 3.93. The lowest BCUT2D eigenvalue weighted by Gasteiger charge is -2.36. The average molecular weight is 380 g/mol. The van der Waals surface area contributed by atoms with Crippen LogP contribution >= 0.6 is 0 Å². The third-order valence-electron chi connectivity index (χ3n) is 5.78. The fraction of sp³-hybridized carbons (Fsp3) is 0.417. The van der Waals surface area contributed by atoms with Gasteiger partial charge in [-0.2, -0.15) is 0 Å². The van der Waals surface area contributed by atoms with Crippen molar-refractivity contribution in [3.63, 3.8) is 0 Å². The monoisotopic (exact) mass is 380 g/mol. The van der Waals surface area contributed by atoms with Crippen molar-refractivity contribution in [1.29, 1.82) is 0 Å². The molecule has 1 saturated heterocycles. The minimum atomic E-state index is -0.534. The van der Waals surface area contributed by atoms with Crippen LogP contribution in [0.5, 0.6) is 0 Å². The standard InChI is InChI=1S/C24H28O4/c1-18(23-17-26-24(28-27-23)15-5-6-16-24)9-14-22(25)21-12-10-20(11-13-21)19-7-3-2-4-8-19/h2-4,7-8,10-13,22-23,25H,1,5-6,9,14-17H2. The Morgan fingerprint density at radius 3 is 2.36 bits per heavy atom. The third-order valence-corrected chi connectivity index (χ3v) is 5.78. The summed E-state index contributed by atoms with van der Waals surface area (Å²) in [6.45, 7) is 4.59. The van der Waals surface area contributed by atoms with Gasteiger partial charge in [-0.05, 0) is 47.9 Å². The van der Waals surface area contributed by atoms with Gasteiger partial charge in [0.1, 0.15) is 6.10 Å². The summed E-state index contributed by atoms with van der Waals surface area (Å²) in [5, 5.41) is 10.6. The molecule has 1 spiro atoms. The van der Waals surface area contributed by atoms with Crippen LogP contribution in [0.15, 0.2) is 66.7 Å². The van der Waals surface area contributed by atoms with Gasteiger partial charge in [0, 0.05) is 12.8 Å². The maximum absolute atomic E-state index is 10.6. The van der Waals surface area contributed by atoms with Crippen molar-refractivity contribution in [2.75, 3.05) is 6.61 Å². The van der Waals surface area contributed by atoms with Crippen molar-refractivity contribution in [2.24, 2.45) is 0 Å². The molecule has 0 amide bonds. The lowest BCUT2D eigenvalue weighted by molar-refractivity contribution is -0.479. The first-order valence-electron chi connectivity index (χ1n) is 10.1. The van der Waals surface area contributed by atoms with Crippen molar-refractivity contribution in [3.8, 4) is 11.1 Å². The Morgan fingerprint density at radius 1 is 1.04 bits per heavy atom. The van der Waals surface area contributed by atoms with Crippen molar-refractivity contribution in [3.05, 3.63) is 72.3 Å². The minimum absolute atomic E-state index is 0.265. The van der Waals surface area contributed by atoms with Crippen LogP contribution in [0.1, 0.15) is 50.2 Å². The lowest BCUT2D eigenvalue weighted by Crippen LogP contribution is -2.43. The Bertz CT molecular complexity index is 768. The average Bonchev–Trinajstić information content (AvgIpc) is 3.21. The molecule has 0 radical (unpaired) electrons. The second kappa shape index (κ2) is 8.58. The normalized spacial score (nSPS) is 22.2. The Morgan fingerprint density at radius 2 is 1.71 bits per heavy atom. The molecule has 148 valence electrons. The first kappa shape index (κ1) is 19.3. The van der Waals surface area contributed by atoms with Crippen molar-refractivity contribution >= 4 is 0 Å². The van der Waals surface area contributed by atoms with Gasteiger partial charge in [-0.25, -0.2) is 9.78 Å². The van der Waals surface area contributed by atoms with E-state index >= 15 is 0 Å². The van der Waals surface area contributed by atoms with E-state index in [1.54, 1.807) is 0 Å². The maximum atomic E-state index is 10.6. The van der Waals surface area contributed by atoms with E-state index in [1.807, 2.05) is 30.3 Å². The molecule has 28 heavy (non-hydrogen) atoms. The van der Waals surface area contributed by atoms with Crippen molar-refractivity contribution < 1.29 is 19.6 Å². The van der Waals surface area contributed by atoms with E-state index in [4.69, 9.17) is 14.5 Å². The first-order chi connectivity index (χ1) is 13.7. The van der Waals surface area contributed by atoms with Crippen molar-refractivity contribution in [2.45, 2.75) is 56.5 Å². The summed E-state index contributed by atoms with van der Waals surface area (Å²) in [5.74, 6) is -0.531. The van der Waals surface area contributed by atoms with Gasteiger partial charge in [0.2, 0.25) is 5.79 Å². The predicted octanol–water partition coefficient (Wildman–Crippen LogP) is 5.34. The van der Waals surface area contributed by atoms with Gasteiger partial charge in [0.15, 0.2) is 0 Å². The molecule has 2 unspecified atom stereocenters. The van der Waals surface area contributed by atoms with Crippen LogP contribution in [0.25, 0.3) is 11.1 Å². The Labute approximate surface area is 166 Å². The molecule has 2 aromatic carbocycles. The summed E-state index contributed by atoms with van der Waals surface area (Å²) in [4.78, 5) is 11.1. The third kappa shape index (κ3) is 4.36. The van der Waals surface area contributed by atoms with Gasteiger partial charge in [0.05, 0.1) is 12.7 Å². The van der Waals surface area contributed by atoms with E-state index in [0.717, 1.165) is 42.4 Å². The summed E-state index contributed by atoms with van der Waals surface area (Å²) in [5.41, 5.74) is 4.13. The van der Waals surface area contributed by atoms with Crippen LogP contribution in [0, 0.1) is 0 Å². The molecule has 1 N–H and O–H groups in total. The largest absolute Gasteiger partial charge is 0.388 e. The highest BCUT2D eigenvalue weighted by Crippen LogP contribution is 2.38. The van der Waals surface area contributed by atoms with Crippen LogP contribution in [0.4, 0.5) is 0 Å². The zero-order valence-electron chi connectivity index (χ0n) is 16.2. The first-order valence-corrected chi connectivity index (χ1v) is 10.1. The van der Waals surface area contributed by atoms with E-state index < -0.39 is 11.9 Å². The van der Waals surface area contributed by atoms with E-state index in [2.05, 4.69) is 30.8 Å². The van der Waals surface area contributed by atoms with E-state index in [-0.39, 0.29) is 6.10 Å². The fourth-order valence-corrected chi connectivity index (χ4v) is 3.93. The van der Waals surface area contributed by atoms with Crippen molar-refractivity contribution in [1.82, 2.24) is 0 Å². The number of rotatable bonds is 6. The van der Waals surface area contributed by atoms with Gasteiger partial charge in [0.25, 0.3) is 0 Å². The molecule has 2 aromatic rings. The molecule has 1 saturated carbocycles. The van der Waals surface area contributed by atoms with Crippen LogP contribution in [-0.4, -0.2) is 23.6 Å². The summed E-state index contributed by atoms with van der Waals surface area (Å²) in [6, 6.07) is 18.3. The van der Waals surface area contributed by atoms with Crippen LogP contribution < -0.4 is 0 Å². The van der Waals surface area contributed by atoms with Gasteiger partial charge >= 0.3 is 0 Å². The molecule has 1 aliphatic heterocycles. The highest BCUT2D eigenvalue weighted by molar-refractivity contribution is 5.63. The summed E-state index contributed by atoms with van der Waals surface area (Å²) in [7, 11) is 0. The molecule has 2 atom stereocenters. The van der Waals surface area contributed by atoms with Crippen LogP contribution in [0.3, 0.4) is 0 Å². The Kier molecular flexibility index (Phi) is 5.93. The number of ether oxygens (including phenoxy) is 1. The Balaban J connectivity index is 1.27. The van der Waals surface area contributed by atoms with Gasteiger partial charge in [-0.1, -0.05) is 61.2 Å². The number of hydrogen-bond acceptors (Lipinski definition) is 4. The van der Waals surface area contributed by atoms with E-state index in [0.29, 0.717) is 19.4 Å². The molecule has 2 fully saturated rings. The zero-order valence-corrected chi connectivity index (χ0v) is 16.2. The number of aliphatic hydroxyl groups excluding tert-OH is 1. The topological polar surface area (TPSA) is 47.9 Å². The SMILES string of the molecule is C=C(CCC(O)c1ccc(-c2ccccc2)cc1)C1COC2(CCCC2)OO1. The maximum Gasteiger partial charge on any atom is 0.201 e. The predicted molar refractivity (Wildman–Crippen MR) is 108 cm³/mol. The molecule has 4 nitrogen and oxygen atoms in total. The second-order valence-electron chi connectivity index (χ2n) is 7.80. The summed E-state index contributed by atoms with van der Waals surface area (Å²) >= 11 is 0. The quantitative estimate of drug-likeness (QED) is 0.543. The summed E-state index contributed by atoms with van der Waals surface area (Å²) in [6.07, 6.45) is 4.47. The molecule has 0 bridgehead atoms. The molecule has 2 aliphatic rings. The van der Waals surface area contributed by atoms with Crippen LogP contribution in [0.2, 0.25) is 0 Å². The minimum Gasteiger partial charge on any atom is -0.388 e. The van der Waals surface area contributed by atoms with Gasteiger partial charge in [-0.3, -0.25) is 0 Å². The second-order valence-corrected chi connectivity index (χ2v) is 7.80. The molecule has 4 rings (SSSR count).